The Morgan fingerprint density at radius 2 is 2.29 bits per heavy atom. The molecule has 0 saturated carbocycles. The van der Waals surface area contributed by atoms with Gasteiger partial charge in [-0.05, 0) is 19.1 Å². The highest BCUT2D eigenvalue weighted by molar-refractivity contribution is 5.94. The van der Waals surface area contributed by atoms with Crippen LogP contribution in [0.3, 0.4) is 0 Å². The van der Waals surface area contributed by atoms with E-state index in [1.807, 2.05) is 40.6 Å². The fourth-order valence-corrected chi connectivity index (χ4v) is 2.83. The first-order chi connectivity index (χ1) is 10.2. The number of imidazole rings is 1. The molecule has 0 unspecified atom stereocenters. The van der Waals surface area contributed by atoms with Crippen LogP contribution in [0.25, 0.3) is 5.65 Å². The van der Waals surface area contributed by atoms with E-state index in [1.54, 1.807) is 6.20 Å². The largest absolute Gasteiger partial charge is 0.361 e. The number of hydrogen-bond acceptors (Lipinski definition) is 4. The number of amides is 1. The van der Waals surface area contributed by atoms with Gasteiger partial charge in [0, 0.05) is 24.7 Å². The fraction of sp³-hybridized carbons (Fsp3) is 0.267. The maximum absolute atomic E-state index is 12.8. The summed E-state index contributed by atoms with van der Waals surface area (Å²) in [5, 5.41) is 3.80. The van der Waals surface area contributed by atoms with Gasteiger partial charge in [-0.25, -0.2) is 4.98 Å². The van der Waals surface area contributed by atoms with E-state index in [9.17, 15) is 4.79 Å². The van der Waals surface area contributed by atoms with Crippen LogP contribution >= 0.6 is 0 Å². The van der Waals surface area contributed by atoms with Crippen molar-refractivity contribution in [1.29, 1.82) is 0 Å². The Morgan fingerprint density at radius 3 is 3.19 bits per heavy atom. The van der Waals surface area contributed by atoms with E-state index in [2.05, 4.69) is 10.1 Å². The van der Waals surface area contributed by atoms with Crippen LogP contribution in [-0.4, -0.2) is 31.9 Å². The monoisotopic (exact) mass is 282 g/mol. The third-order valence-electron chi connectivity index (χ3n) is 3.89. The summed E-state index contributed by atoms with van der Waals surface area (Å²) in [4.78, 5) is 19.1. The first-order valence-corrected chi connectivity index (χ1v) is 6.89. The van der Waals surface area contributed by atoms with Gasteiger partial charge in [-0.3, -0.25) is 9.20 Å². The molecule has 3 aromatic heterocycles. The normalized spacial score (nSPS) is 14.4. The molecule has 0 bridgehead atoms. The highest BCUT2D eigenvalue weighted by atomic mass is 16.5. The zero-order valence-electron chi connectivity index (χ0n) is 11.6. The second kappa shape index (κ2) is 4.44. The van der Waals surface area contributed by atoms with Crippen LogP contribution in [0.1, 0.15) is 27.5 Å². The van der Waals surface area contributed by atoms with Crippen LogP contribution in [0.2, 0.25) is 0 Å². The van der Waals surface area contributed by atoms with E-state index in [0.29, 0.717) is 25.2 Å². The van der Waals surface area contributed by atoms with Crippen molar-refractivity contribution < 1.29 is 9.32 Å². The molecule has 21 heavy (non-hydrogen) atoms. The third-order valence-corrected chi connectivity index (χ3v) is 3.89. The Hall–Kier alpha value is -2.63. The lowest BCUT2D eigenvalue weighted by Crippen LogP contribution is -2.36. The van der Waals surface area contributed by atoms with Crippen LogP contribution in [-0.2, 0) is 13.0 Å². The third kappa shape index (κ3) is 1.83. The predicted molar refractivity (Wildman–Crippen MR) is 74.9 cm³/mol. The van der Waals surface area contributed by atoms with Crippen molar-refractivity contribution >= 4 is 11.6 Å². The van der Waals surface area contributed by atoms with Gasteiger partial charge in [0.2, 0.25) is 0 Å². The Labute approximate surface area is 121 Å². The molecule has 0 atom stereocenters. The number of fused-ring (bicyclic) bond motifs is 2. The van der Waals surface area contributed by atoms with E-state index < -0.39 is 0 Å². The molecule has 6 nitrogen and oxygen atoms in total. The molecule has 1 aliphatic rings. The molecule has 106 valence electrons. The lowest BCUT2D eigenvalue weighted by atomic mass is 10.1. The van der Waals surface area contributed by atoms with Crippen molar-refractivity contribution in [3.63, 3.8) is 0 Å². The minimum absolute atomic E-state index is 0.00181. The number of aryl methyl sites for hydroxylation is 1. The molecule has 0 radical (unpaired) electrons. The van der Waals surface area contributed by atoms with Crippen LogP contribution < -0.4 is 0 Å². The van der Waals surface area contributed by atoms with Gasteiger partial charge >= 0.3 is 0 Å². The maximum atomic E-state index is 12.8. The predicted octanol–water partition coefficient (Wildman–Crippen LogP) is 1.83. The van der Waals surface area contributed by atoms with E-state index in [0.717, 1.165) is 22.7 Å². The molecule has 3 aromatic rings. The molecule has 0 N–H and O–H groups in total. The van der Waals surface area contributed by atoms with Gasteiger partial charge in [0.15, 0.2) is 0 Å². The SMILES string of the molecule is Cc1nc2ccccn2c1C(=O)N1CCc2oncc2C1. The standard InChI is InChI=1S/C15H14N4O2/c1-10-14(19-6-3-2-4-13(19)17-10)15(20)18-7-5-12-11(9-18)8-16-21-12/h2-4,6,8H,5,7,9H2,1H3. The Morgan fingerprint density at radius 1 is 1.38 bits per heavy atom. The van der Waals surface area contributed by atoms with Gasteiger partial charge in [0.05, 0.1) is 18.4 Å². The van der Waals surface area contributed by atoms with Crippen LogP contribution in [0.15, 0.2) is 35.1 Å². The molecule has 0 saturated heterocycles. The van der Waals surface area contributed by atoms with Crippen molar-refractivity contribution in [3.05, 3.63) is 53.3 Å². The average Bonchev–Trinajstić information content (AvgIpc) is 3.08. The first-order valence-electron chi connectivity index (χ1n) is 6.89. The van der Waals surface area contributed by atoms with E-state index in [-0.39, 0.29) is 5.91 Å². The second-order valence-corrected chi connectivity index (χ2v) is 5.23. The summed E-state index contributed by atoms with van der Waals surface area (Å²) in [5.41, 5.74) is 3.16. The summed E-state index contributed by atoms with van der Waals surface area (Å²) < 4.78 is 7.01. The molecule has 4 heterocycles. The Bertz CT molecular complexity index is 833. The number of hydrogen-bond donors (Lipinski definition) is 0. The first kappa shape index (κ1) is 12.1. The molecule has 0 aromatic carbocycles. The molecule has 1 amide bonds. The van der Waals surface area contributed by atoms with Crippen LogP contribution in [0, 0.1) is 6.92 Å². The fourth-order valence-electron chi connectivity index (χ4n) is 2.83. The zero-order valence-corrected chi connectivity index (χ0v) is 11.6. The molecule has 0 fully saturated rings. The molecular formula is C15H14N4O2. The van der Waals surface area contributed by atoms with Crippen molar-refractivity contribution in [1.82, 2.24) is 19.4 Å². The molecular weight excluding hydrogens is 268 g/mol. The van der Waals surface area contributed by atoms with Gasteiger partial charge in [-0.15, -0.1) is 0 Å². The summed E-state index contributed by atoms with van der Waals surface area (Å²) in [7, 11) is 0. The number of nitrogens with zero attached hydrogens (tertiary/aromatic N) is 4. The van der Waals surface area contributed by atoms with Gasteiger partial charge in [-0.2, -0.15) is 0 Å². The van der Waals surface area contributed by atoms with E-state index >= 15 is 0 Å². The lowest BCUT2D eigenvalue weighted by Gasteiger charge is -2.25. The number of rotatable bonds is 1. The van der Waals surface area contributed by atoms with Crippen molar-refractivity contribution in [2.75, 3.05) is 6.54 Å². The van der Waals surface area contributed by atoms with E-state index in [4.69, 9.17) is 4.52 Å². The minimum atomic E-state index is -0.00181. The highest BCUT2D eigenvalue weighted by Crippen LogP contribution is 2.21. The quantitative estimate of drug-likeness (QED) is 0.683. The minimum Gasteiger partial charge on any atom is -0.361 e. The van der Waals surface area contributed by atoms with Crippen molar-refractivity contribution in [2.45, 2.75) is 19.9 Å². The number of carbonyl (C=O) groups excluding carboxylic acids is 1. The number of pyridine rings is 1. The summed E-state index contributed by atoms with van der Waals surface area (Å²) in [5.74, 6) is 0.881. The number of carbonyl (C=O) groups is 1. The molecule has 0 spiro atoms. The van der Waals surface area contributed by atoms with Crippen LogP contribution in [0.5, 0.6) is 0 Å². The van der Waals surface area contributed by atoms with Gasteiger partial charge in [0.1, 0.15) is 17.1 Å². The van der Waals surface area contributed by atoms with Crippen molar-refractivity contribution in [3.8, 4) is 0 Å². The van der Waals surface area contributed by atoms with Gasteiger partial charge < -0.3 is 9.42 Å². The topological polar surface area (TPSA) is 63.6 Å². The highest BCUT2D eigenvalue weighted by Gasteiger charge is 2.27. The maximum Gasteiger partial charge on any atom is 0.273 e. The Balaban J connectivity index is 1.73. The average molecular weight is 282 g/mol. The zero-order chi connectivity index (χ0) is 14.4. The lowest BCUT2D eigenvalue weighted by molar-refractivity contribution is 0.0721. The van der Waals surface area contributed by atoms with Gasteiger partial charge in [0.25, 0.3) is 5.91 Å². The summed E-state index contributed by atoms with van der Waals surface area (Å²) >= 11 is 0. The summed E-state index contributed by atoms with van der Waals surface area (Å²) in [6.45, 7) is 3.05. The molecule has 0 aliphatic carbocycles. The van der Waals surface area contributed by atoms with E-state index in [1.165, 1.54) is 0 Å². The molecule has 6 heteroatoms. The molecule has 4 rings (SSSR count). The Kier molecular flexibility index (Phi) is 2.57. The summed E-state index contributed by atoms with van der Waals surface area (Å²) in [6.07, 6.45) is 4.27. The molecule has 1 aliphatic heterocycles. The number of aromatic nitrogens is 3. The van der Waals surface area contributed by atoms with Crippen molar-refractivity contribution in [2.24, 2.45) is 0 Å². The second-order valence-electron chi connectivity index (χ2n) is 5.23. The van der Waals surface area contributed by atoms with Crippen LogP contribution in [0.4, 0.5) is 0 Å². The summed E-state index contributed by atoms with van der Waals surface area (Å²) in [6, 6.07) is 5.72. The smallest absolute Gasteiger partial charge is 0.273 e. The van der Waals surface area contributed by atoms with Gasteiger partial charge in [-0.1, -0.05) is 11.2 Å².